The molecule has 1 fully saturated rings. The zero-order valence-electron chi connectivity index (χ0n) is 15.6. The molecular formula is C21H29N3O. The lowest BCUT2D eigenvalue weighted by Gasteiger charge is -2.27. The second kappa shape index (κ2) is 6.83. The molecule has 1 saturated heterocycles. The maximum atomic E-state index is 12.6. The van der Waals surface area contributed by atoms with Gasteiger partial charge in [-0.3, -0.25) is 4.79 Å². The Kier molecular flexibility index (Phi) is 4.55. The van der Waals surface area contributed by atoms with E-state index in [2.05, 4.69) is 46.5 Å². The summed E-state index contributed by atoms with van der Waals surface area (Å²) in [5.41, 5.74) is 5.54. The summed E-state index contributed by atoms with van der Waals surface area (Å²) in [4.78, 5) is 17.1. The molecule has 4 nitrogen and oxygen atoms in total. The van der Waals surface area contributed by atoms with E-state index in [4.69, 9.17) is 0 Å². The largest absolute Gasteiger partial charge is 0.343 e. The van der Waals surface area contributed by atoms with Crippen LogP contribution in [0.25, 0.3) is 10.9 Å². The van der Waals surface area contributed by atoms with Gasteiger partial charge in [-0.05, 0) is 57.4 Å². The molecule has 0 aliphatic carbocycles. The van der Waals surface area contributed by atoms with Gasteiger partial charge in [0, 0.05) is 55.7 Å². The highest BCUT2D eigenvalue weighted by atomic mass is 16.2. The first-order chi connectivity index (χ1) is 12.1. The lowest BCUT2D eigenvalue weighted by molar-refractivity contribution is -0.132. The van der Waals surface area contributed by atoms with Crippen molar-refractivity contribution in [2.45, 2.75) is 52.1 Å². The summed E-state index contributed by atoms with van der Waals surface area (Å²) < 4.78 is 2.42. The Labute approximate surface area is 150 Å². The number of likely N-dealkylation sites (N-methyl/N-ethyl adjacent to an activating group) is 1. The Morgan fingerprint density at radius 2 is 1.92 bits per heavy atom. The normalized spacial score (nSPS) is 18.6. The lowest BCUT2D eigenvalue weighted by atomic mass is 10.0. The van der Waals surface area contributed by atoms with Gasteiger partial charge in [0.1, 0.15) is 0 Å². The van der Waals surface area contributed by atoms with Gasteiger partial charge < -0.3 is 14.4 Å². The maximum Gasteiger partial charge on any atom is 0.224 e. The van der Waals surface area contributed by atoms with Crippen LogP contribution in [0.3, 0.4) is 0 Å². The van der Waals surface area contributed by atoms with Gasteiger partial charge in [-0.15, -0.1) is 0 Å². The van der Waals surface area contributed by atoms with Gasteiger partial charge in [0.15, 0.2) is 0 Å². The molecule has 4 heteroatoms. The fourth-order valence-corrected chi connectivity index (χ4v) is 4.45. The number of carbonyl (C=O) groups excluding carboxylic acids is 1. The highest BCUT2D eigenvalue weighted by molar-refractivity contribution is 5.87. The van der Waals surface area contributed by atoms with Crippen LogP contribution >= 0.6 is 0 Å². The fraction of sp³-hybridized carbons (Fsp3) is 0.571. The minimum atomic E-state index is 0.326. The monoisotopic (exact) mass is 339 g/mol. The van der Waals surface area contributed by atoms with Crippen LogP contribution in [0.2, 0.25) is 0 Å². The molecule has 25 heavy (non-hydrogen) atoms. The zero-order chi connectivity index (χ0) is 17.4. The van der Waals surface area contributed by atoms with Gasteiger partial charge in [0.2, 0.25) is 5.91 Å². The Bertz CT molecular complexity index is 786. The number of nitrogens with zero attached hydrogens (tertiary/aromatic N) is 3. The third-order valence-corrected chi connectivity index (χ3v) is 5.86. The number of aryl methyl sites for hydroxylation is 2. The SMILES string of the molecule is Cc1ccc2c(c1)c1c(n2CCC(=O)N2CCCCC2)CN(C)CC1. The number of amides is 1. The van der Waals surface area contributed by atoms with E-state index >= 15 is 0 Å². The number of hydrogen-bond donors (Lipinski definition) is 0. The average Bonchev–Trinajstić information content (AvgIpc) is 2.92. The highest BCUT2D eigenvalue weighted by Gasteiger charge is 2.23. The second-order valence-electron chi connectivity index (χ2n) is 7.78. The van der Waals surface area contributed by atoms with Gasteiger partial charge in [0.25, 0.3) is 0 Å². The van der Waals surface area contributed by atoms with E-state index in [9.17, 15) is 4.79 Å². The summed E-state index contributed by atoms with van der Waals surface area (Å²) in [6.45, 7) is 6.97. The summed E-state index contributed by atoms with van der Waals surface area (Å²) in [5, 5.41) is 1.40. The molecule has 0 N–H and O–H groups in total. The van der Waals surface area contributed by atoms with Crippen LogP contribution in [0.4, 0.5) is 0 Å². The molecule has 0 unspecified atom stereocenters. The molecule has 0 radical (unpaired) electrons. The minimum absolute atomic E-state index is 0.326. The van der Waals surface area contributed by atoms with Crippen molar-refractivity contribution < 1.29 is 4.79 Å². The van der Waals surface area contributed by atoms with Crippen molar-refractivity contribution in [1.82, 2.24) is 14.4 Å². The van der Waals surface area contributed by atoms with E-state index in [1.54, 1.807) is 0 Å². The zero-order valence-corrected chi connectivity index (χ0v) is 15.6. The van der Waals surface area contributed by atoms with Crippen molar-refractivity contribution in [3.05, 3.63) is 35.0 Å². The molecule has 2 aromatic rings. The number of rotatable bonds is 3. The van der Waals surface area contributed by atoms with Gasteiger partial charge in [0.05, 0.1) is 0 Å². The molecule has 0 spiro atoms. The molecule has 2 aliphatic rings. The number of carbonyl (C=O) groups is 1. The predicted octanol–water partition coefficient (Wildman–Crippen LogP) is 3.34. The summed E-state index contributed by atoms with van der Waals surface area (Å²) in [6, 6.07) is 6.76. The fourth-order valence-electron chi connectivity index (χ4n) is 4.45. The van der Waals surface area contributed by atoms with Crippen molar-refractivity contribution in [3.63, 3.8) is 0 Å². The van der Waals surface area contributed by atoms with Crippen LogP contribution in [0.15, 0.2) is 18.2 Å². The van der Waals surface area contributed by atoms with Crippen LogP contribution in [0.1, 0.15) is 42.5 Å². The maximum absolute atomic E-state index is 12.6. The quantitative estimate of drug-likeness (QED) is 0.858. The van der Waals surface area contributed by atoms with E-state index in [1.165, 1.54) is 34.1 Å². The number of fused-ring (bicyclic) bond motifs is 3. The molecule has 0 saturated carbocycles. The van der Waals surface area contributed by atoms with Gasteiger partial charge in [-0.1, -0.05) is 11.6 Å². The molecule has 1 amide bonds. The topological polar surface area (TPSA) is 28.5 Å². The highest BCUT2D eigenvalue weighted by Crippen LogP contribution is 2.31. The van der Waals surface area contributed by atoms with Gasteiger partial charge in [-0.2, -0.15) is 0 Å². The van der Waals surface area contributed by atoms with Crippen LogP contribution < -0.4 is 0 Å². The van der Waals surface area contributed by atoms with Crippen LogP contribution in [-0.4, -0.2) is 47.0 Å². The molecule has 3 heterocycles. The van der Waals surface area contributed by atoms with E-state index in [0.717, 1.165) is 52.0 Å². The van der Waals surface area contributed by atoms with Crippen LogP contribution in [0.5, 0.6) is 0 Å². The second-order valence-corrected chi connectivity index (χ2v) is 7.78. The Balaban J connectivity index is 1.62. The van der Waals surface area contributed by atoms with Crippen molar-refractivity contribution >= 4 is 16.8 Å². The van der Waals surface area contributed by atoms with E-state index < -0.39 is 0 Å². The van der Waals surface area contributed by atoms with Gasteiger partial charge in [-0.25, -0.2) is 0 Å². The van der Waals surface area contributed by atoms with Gasteiger partial charge >= 0.3 is 0 Å². The first kappa shape index (κ1) is 16.6. The molecule has 4 rings (SSSR count). The van der Waals surface area contributed by atoms with Crippen LogP contribution in [0, 0.1) is 6.92 Å². The smallest absolute Gasteiger partial charge is 0.224 e. The number of benzene rings is 1. The molecule has 0 bridgehead atoms. The first-order valence-electron chi connectivity index (χ1n) is 9.70. The van der Waals surface area contributed by atoms with Crippen molar-refractivity contribution in [2.24, 2.45) is 0 Å². The molecule has 134 valence electrons. The number of aromatic nitrogens is 1. The number of piperidine rings is 1. The number of hydrogen-bond acceptors (Lipinski definition) is 2. The molecule has 1 aromatic carbocycles. The van der Waals surface area contributed by atoms with E-state index in [0.29, 0.717) is 12.3 Å². The molecular weight excluding hydrogens is 310 g/mol. The van der Waals surface area contributed by atoms with Crippen molar-refractivity contribution in [3.8, 4) is 0 Å². The third-order valence-electron chi connectivity index (χ3n) is 5.86. The standard InChI is InChI=1S/C21H29N3O/c1-16-6-7-19-18(14-16)17-8-12-22(2)15-20(17)24(19)13-9-21(25)23-10-4-3-5-11-23/h6-7,14H,3-5,8-13,15H2,1-2H3. The van der Waals surface area contributed by atoms with E-state index in [1.807, 2.05) is 0 Å². The molecule has 2 aliphatic heterocycles. The summed E-state index contributed by atoms with van der Waals surface area (Å²) in [5.74, 6) is 0.326. The Morgan fingerprint density at radius 1 is 1.12 bits per heavy atom. The van der Waals surface area contributed by atoms with E-state index in [-0.39, 0.29) is 0 Å². The average molecular weight is 339 g/mol. The van der Waals surface area contributed by atoms with Crippen molar-refractivity contribution in [2.75, 3.05) is 26.7 Å². The number of likely N-dealkylation sites (tertiary alicyclic amines) is 1. The van der Waals surface area contributed by atoms with Crippen LogP contribution in [-0.2, 0) is 24.3 Å². The minimum Gasteiger partial charge on any atom is -0.343 e. The summed E-state index contributed by atoms with van der Waals surface area (Å²) >= 11 is 0. The Hall–Kier alpha value is -1.81. The summed E-state index contributed by atoms with van der Waals surface area (Å²) in [6.07, 6.45) is 5.33. The molecule has 0 atom stereocenters. The molecule has 1 aromatic heterocycles. The first-order valence-corrected chi connectivity index (χ1v) is 9.70. The third kappa shape index (κ3) is 3.20. The summed E-state index contributed by atoms with van der Waals surface area (Å²) in [7, 11) is 2.19. The Morgan fingerprint density at radius 3 is 2.72 bits per heavy atom. The lowest BCUT2D eigenvalue weighted by Crippen LogP contribution is -2.36. The predicted molar refractivity (Wildman–Crippen MR) is 102 cm³/mol. The van der Waals surface area contributed by atoms with Crippen molar-refractivity contribution in [1.29, 1.82) is 0 Å².